The molecule has 0 amide bonds. The first-order valence-electron chi connectivity index (χ1n) is 4.29. The van der Waals surface area contributed by atoms with Crippen molar-refractivity contribution in [2.24, 2.45) is 0 Å². The van der Waals surface area contributed by atoms with Gasteiger partial charge in [-0.1, -0.05) is 0 Å². The zero-order valence-electron chi connectivity index (χ0n) is 8.00. The molecule has 0 aliphatic carbocycles. The molecule has 4 heteroatoms. The van der Waals surface area contributed by atoms with E-state index in [1.807, 2.05) is 0 Å². The third-order valence-electron chi connectivity index (χ3n) is 1.68. The van der Waals surface area contributed by atoms with Gasteiger partial charge >= 0.3 is 0 Å². The molecule has 1 aromatic heterocycles. The Morgan fingerprint density at radius 3 is 2.46 bits per heavy atom. The fourth-order valence-corrected chi connectivity index (χ4v) is 1.23. The molecule has 3 nitrogen and oxygen atoms in total. The van der Waals surface area contributed by atoms with Gasteiger partial charge in [0.05, 0.1) is 4.47 Å². The standard InChI is InChI=1S/C9H14BrN3/c1-13(2)5-3-4-9-11-6-8(10)7-12-9/h6-7H,3-5H2,1-2H3. The molecule has 1 heterocycles. The second kappa shape index (κ2) is 5.29. The first-order valence-corrected chi connectivity index (χ1v) is 5.09. The van der Waals surface area contributed by atoms with Crippen molar-refractivity contribution < 1.29 is 0 Å². The Hall–Kier alpha value is -0.480. The minimum Gasteiger partial charge on any atom is -0.309 e. The fourth-order valence-electron chi connectivity index (χ4n) is 1.02. The topological polar surface area (TPSA) is 29.0 Å². The van der Waals surface area contributed by atoms with Gasteiger partial charge in [0.15, 0.2) is 0 Å². The maximum Gasteiger partial charge on any atom is 0.128 e. The van der Waals surface area contributed by atoms with E-state index in [0.29, 0.717) is 0 Å². The molecule has 0 aromatic carbocycles. The number of hydrogen-bond donors (Lipinski definition) is 0. The highest BCUT2D eigenvalue weighted by Gasteiger charge is 1.96. The summed E-state index contributed by atoms with van der Waals surface area (Å²) in [6.07, 6.45) is 5.63. The van der Waals surface area contributed by atoms with Crippen LogP contribution >= 0.6 is 15.9 Å². The third-order valence-corrected chi connectivity index (χ3v) is 2.09. The number of aryl methyl sites for hydroxylation is 1. The van der Waals surface area contributed by atoms with Crippen molar-refractivity contribution in [1.29, 1.82) is 0 Å². The number of halogens is 1. The molecule has 0 spiro atoms. The van der Waals surface area contributed by atoms with Crippen molar-refractivity contribution in [1.82, 2.24) is 14.9 Å². The highest BCUT2D eigenvalue weighted by molar-refractivity contribution is 9.10. The van der Waals surface area contributed by atoms with E-state index in [1.165, 1.54) is 0 Å². The second-order valence-electron chi connectivity index (χ2n) is 3.22. The molecular formula is C9H14BrN3. The SMILES string of the molecule is CN(C)CCCc1ncc(Br)cn1. The average molecular weight is 244 g/mol. The molecule has 1 aromatic rings. The molecule has 0 atom stereocenters. The van der Waals surface area contributed by atoms with Gasteiger partial charge in [0.1, 0.15) is 5.82 Å². The number of rotatable bonds is 4. The molecule has 0 saturated heterocycles. The minimum atomic E-state index is 0.921. The Kier molecular flexibility index (Phi) is 4.32. The van der Waals surface area contributed by atoms with E-state index >= 15 is 0 Å². The van der Waals surface area contributed by atoms with Crippen molar-refractivity contribution in [3.05, 3.63) is 22.7 Å². The van der Waals surface area contributed by atoms with Gasteiger partial charge in [-0.15, -0.1) is 0 Å². The maximum atomic E-state index is 4.20. The van der Waals surface area contributed by atoms with Crippen LogP contribution in [0.5, 0.6) is 0 Å². The van der Waals surface area contributed by atoms with Crippen molar-refractivity contribution in [3.63, 3.8) is 0 Å². The van der Waals surface area contributed by atoms with Gasteiger partial charge in [-0.05, 0) is 43.0 Å². The summed E-state index contributed by atoms with van der Waals surface area (Å²) in [5.74, 6) is 0.921. The fraction of sp³-hybridized carbons (Fsp3) is 0.556. The molecule has 0 bridgehead atoms. The van der Waals surface area contributed by atoms with Crippen LogP contribution in [0.1, 0.15) is 12.2 Å². The molecule has 0 aliphatic rings. The molecule has 13 heavy (non-hydrogen) atoms. The van der Waals surface area contributed by atoms with Crippen LogP contribution < -0.4 is 0 Å². The molecular weight excluding hydrogens is 230 g/mol. The van der Waals surface area contributed by atoms with Crippen LogP contribution in [0.25, 0.3) is 0 Å². The van der Waals surface area contributed by atoms with Crippen molar-refractivity contribution in [2.75, 3.05) is 20.6 Å². The van der Waals surface area contributed by atoms with Gasteiger partial charge in [-0.2, -0.15) is 0 Å². The largest absolute Gasteiger partial charge is 0.309 e. The normalized spacial score (nSPS) is 10.8. The zero-order chi connectivity index (χ0) is 9.68. The summed E-state index contributed by atoms with van der Waals surface area (Å²) < 4.78 is 0.934. The first-order chi connectivity index (χ1) is 6.18. The lowest BCUT2D eigenvalue weighted by atomic mass is 10.3. The lowest BCUT2D eigenvalue weighted by Crippen LogP contribution is -2.14. The van der Waals surface area contributed by atoms with Gasteiger partial charge in [0, 0.05) is 18.8 Å². The maximum absolute atomic E-state index is 4.20. The molecule has 0 fully saturated rings. The van der Waals surface area contributed by atoms with E-state index in [9.17, 15) is 0 Å². The van der Waals surface area contributed by atoms with Crippen LogP contribution in [0.2, 0.25) is 0 Å². The second-order valence-corrected chi connectivity index (χ2v) is 4.14. The van der Waals surface area contributed by atoms with E-state index < -0.39 is 0 Å². The minimum absolute atomic E-state index is 0.921. The van der Waals surface area contributed by atoms with Crippen LogP contribution in [-0.4, -0.2) is 35.5 Å². The summed E-state index contributed by atoms with van der Waals surface area (Å²) in [4.78, 5) is 10.6. The predicted molar refractivity (Wildman–Crippen MR) is 56.6 cm³/mol. The quantitative estimate of drug-likeness (QED) is 0.807. The molecule has 0 saturated carbocycles. The first kappa shape index (κ1) is 10.6. The Bertz CT molecular complexity index is 246. The van der Waals surface area contributed by atoms with Crippen molar-refractivity contribution >= 4 is 15.9 Å². The summed E-state index contributed by atoms with van der Waals surface area (Å²) in [7, 11) is 4.14. The van der Waals surface area contributed by atoms with Crippen LogP contribution in [0.3, 0.4) is 0 Å². The van der Waals surface area contributed by atoms with Crippen LogP contribution in [-0.2, 0) is 6.42 Å². The van der Waals surface area contributed by atoms with Crippen LogP contribution in [0, 0.1) is 0 Å². The Morgan fingerprint density at radius 2 is 1.92 bits per heavy atom. The van der Waals surface area contributed by atoms with Gasteiger partial charge < -0.3 is 4.90 Å². The predicted octanol–water partition coefficient (Wildman–Crippen LogP) is 1.73. The highest BCUT2D eigenvalue weighted by atomic mass is 79.9. The van der Waals surface area contributed by atoms with Gasteiger partial charge in [0.2, 0.25) is 0 Å². The average Bonchev–Trinajstić information content (AvgIpc) is 2.08. The van der Waals surface area contributed by atoms with E-state index in [0.717, 1.165) is 29.7 Å². The van der Waals surface area contributed by atoms with E-state index in [2.05, 4.69) is 44.9 Å². The van der Waals surface area contributed by atoms with Crippen LogP contribution in [0.15, 0.2) is 16.9 Å². The molecule has 0 unspecified atom stereocenters. The number of nitrogens with zero attached hydrogens (tertiary/aromatic N) is 3. The van der Waals surface area contributed by atoms with E-state index in [-0.39, 0.29) is 0 Å². The summed E-state index contributed by atoms with van der Waals surface area (Å²) >= 11 is 3.30. The lowest BCUT2D eigenvalue weighted by molar-refractivity contribution is 0.398. The summed E-state index contributed by atoms with van der Waals surface area (Å²) in [6.45, 7) is 1.08. The summed E-state index contributed by atoms with van der Waals surface area (Å²) in [5.41, 5.74) is 0. The van der Waals surface area contributed by atoms with Crippen molar-refractivity contribution in [2.45, 2.75) is 12.8 Å². The van der Waals surface area contributed by atoms with Gasteiger partial charge in [-0.25, -0.2) is 9.97 Å². The van der Waals surface area contributed by atoms with Gasteiger partial charge in [-0.3, -0.25) is 0 Å². The Labute approximate surface area is 87.3 Å². The van der Waals surface area contributed by atoms with E-state index in [4.69, 9.17) is 0 Å². The molecule has 0 N–H and O–H groups in total. The highest BCUT2D eigenvalue weighted by Crippen LogP contribution is 2.05. The summed E-state index contributed by atoms with van der Waals surface area (Å²) in [5, 5.41) is 0. The Balaban J connectivity index is 2.33. The molecule has 0 radical (unpaired) electrons. The molecule has 72 valence electrons. The monoisotopic (exact) mass is 243 g/mol. The Morgan fingerprint density at radius 1 is 1.31 bits per heavy atom. The molecule has 0 aliphatic heterocycles. The third kappa shape index (κ3) is 4.33. The summed E-state index contributed by atoms with van der Waals surface area (Å²) in [6, 6.07) is 0. The lowest BCUT2D eigenvalue weighted by Gasteiger charge is -2.07. The number of hydrogen-bond acceptors (Lipinski definition) is 3. The van der Waals surface area contributed by atoms with E-state index in [1.54, 1.807) is 12.4 Å². The molecule has 1 rings (SSSR count). The van der Waals surface area contributed by atoms with Crippen molar-refractivity contribution in [3.8, 4) is 0 Å². The number of aromatic nitrogens is 2. The van der Waals surface area contributed by atoms with Crippen LogP contribution in [0.4, 0.5) is 0 Å². The van der Waals surface area contributed by atoms with Gasteiger partial charge in [0.25, 0.3) is 0 Å². The smallest absolute Gasteiger partial charge is 0.128 e. The zero-order valence-corrected chi connectivity index (χ0v) is 9.58.